The van der Waals surface area contributed by atoms with E-state index in [9.17, 15) is 24.9 Å². The third-order valence-electron chi connectivity index (χ3n) is 9.55. The van der Waals surface area contributed by atoms with Gasteiger partial charge in [-0.3, -0.25) is 4.79 Å². The number of ketones is 1. The number of aliphatic hydroxyl groups is 3. The highest BCUT2D eigenvalue weighted by Crippen LogP contribution is 2.71. The molecule has 5 rings (SSSR count). The van der Waals surface area contributed by atoms with E-state index < -0.39 is 41.7 Å². The number of aliphatic hydroxyl groups excluding tert-OH is 2. The summed E-state index contributed by atoms with van der Waals surface area (Å²) in [6.07, 6.45) is 1.20. The van der Waals surface area contributed by atoms with Crippen molar-refractivity contribution in [2.45, 2.75) is 58.8 Å². The molecule has 0 radical (unpaired) electrons. The SMILES string of the molecule is CC1=C[C@]23C(=O)[C@@H](C=C(CO)[C@@H](O)[C@]2(O)[C@H]1OC(=O)c1c(C)cccc1Cl)C1[C@@H](C[C@H]3C)C1(C)C. The standard InChI is InChI=1S/C28H33ClO6/c1-13-7-6-8-19(29)20(13)25(33)35-24-14(2)11-27-15(3)9-18-21(26(18,4)5)17(23(27)32)10-16(12-30)22(31)28(24,27)34/h6-8,10-11,15,17-18,21-22,24,30-31,34H,9,12H2,1-5H3/t15-,17+,18-,21?,22-,24+,27+,28+/m1/s1. The van der Waals surface area contributed by atoms with Crippen LogP contribution in [0.2, 0.25) is 5.02 Å². The fourth-order valence-electron chi connectivity index (χ4n) is 7.65. The summed E-state index contributed by atoms with van der Waals surface area (Å²) in [5.41, 5.74) is -2.21. The Labute approximate surface area is 210 Å². The normalized spacial score (nSPS) is 41.1. The van der Waals surface area contributed by atoms with E-state index in [1.54, 1.807) is 44.2 Å². The molecule has 35 heavy (non-hydrogen) atoms. The predicted molar refractivity (Wildman–Crippen MR) is 131 cm³/mol. The zero-order valence-corrected chi connectivity index (χ0v) is 21.5. The zero-order chi connectivity index (χ0) is 25.7. The molecule has 1 spiro atoms. The quantitative estimate of drug-likeness (QED) is 0.432. The monoisotopic (exact) mass is 500 g/mol. The fourth-order valence-corrected chi connectivity index (χ4v) is 7.95. The van der Waals surface area contributed by atoms with Crippen LogP contribution in [0, 0.1) is 41.4 Å². The average molecular weight is 501 g/mol. The maximum Gasteiger partial charge on any atom is 0.340 e. The summed E-state index contributed by atoms with van der Waals surface area (Å²) in [5, 5.41) is 34.4. The van der Waals surface area contributed by atoms with E-state index in [1.807, 2.05) is 6.92 Å². The van der Waals surface area contributed by atoms with E-state index in [2.05, 4.69) is 13.8 Å². The summed E-state index contributed by atoms with van der Waals surface area (Å²) in [4.78, 5) is 27.7. The van der Waals surface area contributed by atoms with Gasteiger partial charge in [-0.05, 0) is 66.2 Å². The smallest absolute Gasteiger partial charge is 0.340 e. The Morgan fingerprint density at radius 3 is 2.57 bits per heavy atom. The molecule has 1 unspecified atom stereocenters. The van der Waals surface area contributed by atoms with Crippen LogP contribution >= 0.6 is 11.6 Å². The maximum absolute atomic E-state index is 14.4. The molecule has 0 aromatic heterocycles. The van der Waals surface area contributed by atoms with Gasteiger partial charge in [-0.2, -0.15) is 0 Å². The van der Waals surface area contributed by atoms with E-state index >= 15 is 0 Å². The van der Waals surface area contributed by atoms with Crippen molar-refractivity contribution < 1.29 is 29.6 Å². The Balaban J connectivity index is 1.65. The number of halogens is 1. The van der Waals surface area contributed by atoms with Gasteiger partial charge in [0.25, 0.3) is 0 Å². The topological polar surface area (TPSA) is 104 Å². The molecular formula is C28H33ClO6. The minimum absolute atomic E-state index is 0.0501. The third-order valence-corrected chi connectivity index (χ3v) is 9.86. The number of esters is 1. The van der Waals surface area contributed by atoms with Gasteiger partial charge in [0.05, 0.1) is 22.6 Å². The van der Waals surface area contributed by atoms with Crippen LogP contribution in [0.25, 0.3) is 0 Å². The highest BCUT2D eigenvalue weighted by Gasteiger charge is 2.76. The fraction of sp³-hybridized carbons (Fsp3) is 0.571. The van der Waals surface area contributed by atoms with Gasteiger partial charge in [-0.25, -0.2) is 4.79 Å². The largest absolute Gasteiger partial charge is 0.451 e. The van der Waals surface area contributed by atoms with Crippen molar-refractivity contribution in [3.8, 4) is 0 Å². The van der Waals surface area contributed by atoms with Gasteiger partial charge >= 0.3 is 5.97 Å². The molecule has 4 aliphatic rings. The molecule has 7 heteroatoms. The molecule has 6 nitrogen and oxygen atoms in total. The first kappa shape index (κ1) is 24.7. The van der Waals surface area contributed by atoms with Gasteiger partial charge in [-0.15, -0.1) is 0 Å². The first-order valence-electron chi connectivity index (χ1n) is 12.3. The number of carbonyl (C=O) groups is 2. The molecule has 3 N–H and O–H groups in total. The van der Waals surface area contributed by atoms with Crippen LogP contribution in [-0.4, -0.2) is 51.5 Å². The lowest BCUT2D eigenvalue weighted by Crippen LogP contribution is -2.65. The molecule has 8 atom stereocenters. The highest BCUT2D eigenvalue weighted by atomic mass is 35.5. The predicted octanol–water partition coefficient (Wildman–Crippen LogP) is 3.64. The number of allylic oxidation sites excluding steroid dienone is 1. The van der Waals surface area contributed by atoms with Crippen LogP contribution in [0.15, 0.2) is 41.5 Å². The molecule has 0 heterocycles. The summed E-state index contributed by atoms with van der Waals surface area (Å²) in [5.74, 6) is -1.44. The van der Waals surface area contributed by atoms with Gasteiger partial charge < -0.3 is 20.1 Å². The van der Waals surface area contributed by atoms with Crippen molar-refractivity contribution in [3.05, 3.63) is 57.6 Å². The van der Waals surface area contributed by atoms with E-state index in [4.69, 9.17) is 16.3 Å². The first-order valence-corrected chi connectivity index (χ1v) is 12.6. The molecule has 2 saturated carbocycles. The van der Waals surface area contributed by atoms with Crippen molar-refractivity contribution in [1.29, 1.82) is 0 Å². The molecule has 1 aromatic rings. The highest BCUT2D eigenvalue weighted by molar-refractivity contribution is 6.33. The summed E-state index contributed by atoms with van der Waals surface area (Å²) in [7, 11) is 0. The van der Waals surface area contributed by atoms with Crippen LogP contribution < -0.4 is 0 Å². The Kier molecular flexibility index (Phi) is 5.47. The Hall–Kier alpha value is -1.99. The molecule has 0 aliphatic heterocycles. The van der Waals surface area contributed by atoms with Crippen LogP contribution in [0.3, 0.4) is 0 Å². The van der Waals surface area contributed by atoms with E-state index in [1.165, 1.54) is 0 Å². The van der Waals surface area contributed by atoms with Gasteiger partial charge in [-0.1, -0.05) is 56.7 Å². The molecule has 1 aromatic carbocycles. The number of benzene rings is 1. The number of Topliss-reactive ketones (excluding diaryl/α,β-unsaturated/α-hetero) is 1. The molecule has 2 bridgehead atoms. The molecule has 4 aliphatic carbocycles. The number of rotatable bonds is 3. The van der Waals surface area contributed by atoms with Crippen molar-refractivity contribution in [2.24, 2.45) is 34.5 Å². The van der Waals surface area contributed by atoms with Crippen molar-refractivity contribution >= 4 is 23.4 Å². The van der Waals surface area contributed by atoms with E-state index in [-0.39, 0.29) is 45.1 Å². The summed E-state index contributed by atoms with van der Waals surface area (Å²) < 4.78 is 5.90. The van der Waals surface area contributed by atoms with Crippen LogP contribution in [0.5, 0.6) is 0 Å². The van der Waals surface area contributed by atoms with Gasteiger partial charge in [0.2, 0.25) is 0 Å². The summed E-state index contributed by atoms with van der Waals surface area (Å²) in [6.45, 7) is 9.15. The van der Waals surface area contributed by atoms with Crippen LogP contribution in [-0.2, 0) is 9.53 Å². The molecule has 0 saturated heterocycles. The Morgan fingerprint density at radius 1 is 1.26 bits per heavy atom. The van der Waals surface area contributed by atoms with Crippen LogP contribution in [0.1, 0.15) is 50.0 Å². The number of hydrogen-bond donors (Lipinski definition) is 3. The average Bonchev–Trinajstić information content (AvgIpc) is 3.27. The lowest BCUT2D eigenvalue weighted by molar-refractivity contribution is -0.190. The molecule has 188 valence electrons. The number of ether oxygens (including phenoxy) is 1. The van der Waals surface area contributed by atoms with Gasteiger partial charge in [0.1, 0.15) is 6.10 Å². The summed E-state index contributed by atoms with van der Waals surface area (Å²) >= 11 is 6.29. The van der Waals surface area contributed by atoms with E-state index in [0.29, 0.717) is 17.6 Å². The number of aryl methyl sites for hydroxylation is 1. The van der Waals surface area contributed by atoms with Crippen molar-refractivity contribution in [3.63, 3.8) is 0 Å². The zero-order valence-electron chi connectivity index (χ0n) is 20.7. The molecule has 2 fully saturated rings. The number of fused-ring (bicyclic) bond motifs is 3. The Morgan fingerprint density at radius 2 is 1.94 bits per heavy atom. The second kappa shape index (κ2) is 7.75. The second-order valence-electron chi connectivity index (χ2n) is 11.6. The lowest BCUT2D eigenvalue weighted by Gasteiger charge is -2.48. The minimum Gasteiger partial charge on any atom is -0.451 e. The van der Waals surface area contributed by atoms with Gasteiger partial charge in [0, 0.05) is 5.92 Å². The first-order chi connectivity index (χ1) is 16.3. The number of hydrogen-bond acceptors (Lipinski definition) is 6. The van der Waals surface area contributed by atoms with E-state index in [0.717, 1.165) is 0 Å². The molecule has 0 amide bonds. The lowest BCUT2D eigenvalue weighted by atomic mass is 9.59. The second-order valence-corrected chi connectivity index (χ2v) is 12.0. The van der Waals surface area contributed by atoms with Crippen LogP contribution in [0.4, 0.5) is 0 Å². The Bertz CT molecular complexity index is 1160. The summed E-state index contributed by atoms with van der Waals surface area (Å²) in [6, 6.07) is 5.05. The maximum atomic E-state index is 14.4. The van der Waals surface area contributed by atoms with Gasteiger partial charge in [0.15, 0.2) is 17.5 Å². The minimum atomic E-state index is -2.16. The van der Waals surface area contributed by atoms with Crippen molar-refractivity contribution in [2.75, 3.05) is 6.61 Å². The van der Waals surface area contributed by atoms with Crippen molar-refractivity contribution in [1.82, 2.24) is 0 Å². The third kappa shape index (κ3) is 3.00. The molecular weight excluding hydrogens is 468 g/mol. The number of carbonyl (C=O) groups excluding carboxylic acids is 2.